The Morgan fingerprint density at radius 3 is 2.76 bits per heavy atom. The predicted octanol–water partition coefficient (Wildman–Crippen LogP) is 5.94. The molecule has 1 atom stereocenters. The number of imidazole rings is 1. The Morgan fingerprint density at radius 1 is 1.21 bits per heavy atom. The third-order valence-corrected chi connectivity index (χ3v) is 7.52. The van der Waals surface area contributed by atoms with Gasteiger partial charge in [0.05, 0.1) is 23.0 Å². The molecule has 1 aliphatic heterocycles. The maximum atomic E-state index is 9.99. The summed E-state index contributed by atoms with van der Waals surface area (Å²) >= 11 is 0. The zero-order chi connectivity index (χ0) is 23.7. The monoisotopic (exact) mass is 457 g/mol. The van der Waals surface area contributed by atoms with Crippen LogP contribution >= 0.6 is 0 Å². The highest BCUT2D eigenvalue weighted by Crippen LogP contribution is 2.46. The van der Waals surface area contributed by atoms with Crippen LogP contribution in [0.1, 0.15) is 68.5 Å². The Kier molecular flexibility index (Phi) is 6.47. The maximum Gasteiger partial charge on any atom is 0.139 e. The van der Waals surface area contributed by atoms with Crippen LogP contribution in [0.25, 0.3) is 22.2 Å². The number of nitrogens with zero attached hydrogens (tertiary/aromatic N) is 4. The molecule has 1 aliphatic carbocycles. The highest BCUT2D eigenvalue weighted by molar-refractivity contribution is 5.88. The normalized spacial score (nSPS) is 18.1. The van der Waals surface area contributed by atoms with Gasteiger partial charge in [-0.2, -0.15) is 5.26 Å². The molecule has 6 heteroatoms. The van der Waals surface area contributed by atoms with Crippen molar-refractivity contribution in [2.45, 2.75) is 57.4 Å². The Morgan fingerprint density at radius 2 is 2.03 bits per heavy atom. The molecule has 6 nitrogen and oxygen atoms in total. The van der Waals surface area contributed by atoms with E-state index in [1.54, 1.807) is 0 Å². The van der Waals surface area contributed by atoms with Gasteiger partial charge in [0.2, 0.25) is 0 Å². The van der Waals surface area contributed by atoms with E-state index in [0.717, 1.165) is 41.8 Å². The third kappa shape index (κ3) is 4.14. The van der Waals surface area contributed by atoms with E-state index in [1.807, 2.05) is 20.4 Å². The largest absolute Gasteiger partial charge is 0.491 e. The van der Waals surface area contributed by atoms with Crippen molar-refractivity contribution in [3.05, 3.63) is 41.7 Å². The summed E-state index contributed by atoms with van der Waals surface area (Å²) in [7, 11) is 4.05. The molecule has 34 heavy (non-hydrogen) atoms. The molecule has 2 heterocycles. The smallest absolute Gasteiger partial charge is 0.139 e. The van der Waals surface area contributed by atoms with Crippen LogP contribution in [0.15, 0.2) is 30.6 Å². The predicted molar refractivity (Wildman–Crippen MR) is 138 cm³/mol. The van der Waals surface area contributed by atoms with E-state index in [4.69, 9.17) is 9.72 Å². The van der Waals surface area contributed by atoms with Crippen LogP contribution in [-0.4, -0.2) is 48.2 Å². The first-order valence-electron chi connectivity index (χ1n) is 12.7. The Bertz CT molecular complexity index is 1220. The van der Waals surface area contributed by atoms with Crippen LogP contribution in [0, 0.1) is 11.3 Å². The molecule has 0 saturated heterocycles. The number of rotatable bonds is 7. The van der Waals surface area contributed by atoms with Gasteiger partial charge in [-0.15, -0.1) is 0 Å². The molecular formula is C28H35N5O. The quantitative estimate of drug-likeness (QED) is 0.476. The molecular weight excluding hydrogens is 422 g/mol. The van der Waals surface area contributed by atoms with Crippen molar-refractivity contribution >= 4 is 16.7 Å². The van der Waals surface area contributed by atoms with Gasteiger partial charge in [-0.1, -0.05) is 32.3 Å². The number of anilines is 1. The molecule has 2 aromatic carbocycles. The first-order chi connectivity index (χ1) is 16.6. The van der Waals surface area contributed by atoms with E-state index >= 15 is 0 Å². The third-order valence-electron chi connectivity index (χ3n) is 7.52. The van der Waals surface area contributed by atoms with Gasteiger partial charge in [-0.3, -0.25) is 0 Å². The van der Waals surface area contributed by atoms with Crippen LogP contribution < -0.4 is 10.1 Å². The minimum absolute atomic E-state index is 0.378. The zero-order valence-corrected chi connectivity index (χ0v) is 20.6. The summed E-state index contributed by atoms with van der Waals surface area (Å²) in [6.45, 7) is 4.41. The highest BCUT2D eigenvalue weighted by Gasteiger charge is 2.30. The Hall–Kier alpha value is -3.04. The van der Waals surface area contributed by atoms with E-state index in [2.05, 4.69) is 52.0 Å². The molecule has 1 N–H and O–H groups in total. The Balaban J connectivity index is 1.58. The number of hydrogen-bond acceptors (Lipinski definition) is 5. The van der Waals surface area contributed by atoms with E-state index in [1.165, 1.54) is 43.2 Å². The van der Waals surface area contributed by atoms with E-state index in [9.17, 15) is 5.26 Å². The second-order valence-corrected chi connectivity index (χ2v) is 9.98. The minimum atomic E-state index is 0.378. The van der Waals surface area contributed by atoms with Crippen molar-refractivity contribution < 1.29 is 4.74 Å². The van der Waals surface area contributed by atoms with Gasteiger partial charge in [-0.25, -0.2) is 4.98 Å². The molecule has 1 aromatic heterocycles. The molecule has 2 aliphatic rings. The van der Waals surface area contributed by atoms with Crippen LogP contribution in [0.4, 0.5) is 5.69 Å². The number of hydrogen-bond donors (Lipinski definition) is 1. The number of likely N-dealkylation sites (N-methyl/N-ethyl adjacent to an activating group) is 1. The molecule has 5 rings (SSSR count). The number of benzene rings is 2. The number of ether oxygens (including phenoxy) is 1. The van der Waals surface area contributed by atoms with Crippen molar-refractivity contribution in [2.24, 2.45) is 0 Å². The van der Waals surface area contributed by atoms with Crippen LogP contribution in [0.2, 0.25) is 0 Å². The second-order valence-electron chi connectivity index (χ2n) is 9.98. The summed E-state index contributed by atoms with van der Waals surface area (Å²) in [5.41, 5.74) is 7.35. The summed E-state index contributed by atoms with van der Waals surface area (Å²) < 4.78 is 8.52. The van der Waals surface area contributed by atoms with Crippen molar-refractivity contribution in [1.82, 2.24) is 14.5 Å². The van der Waals surface area contributed by atoms with Gasteiger partial charge < -0.3 is 19.5 Å². The van der Waals surface area contributed by atoms with Crippen LogP contribution in [0.3, 0.4) is 0 Å². The lowest BCUT2D eigenvalue weighted by molar-refractivity contribution is 0.261. The average Bonchev–Trinajstić information content (AvgIpc) is 3.48. The van der Waals surface area contributed by atoms with Gasteiger partial charge in [0.15, 0.2) is 0 Å². The summed E-state index contributed by atoms with van der Waals surface area (Å²) in [6.07, 6.45) is 9.50. The molecule has 178 valence electrons. The minimum Gasteiger partial charge on any atom is -0.491 e. The van der Waals surface area contributed by atoms with E-state index in [-0.39, 0.29) is 0 Å². The summed E-state index contributed by atoms with van der Waals surface area (Å²) in [6, 6.07) is 11.7. The van der Waals surface area contributed by atoms with Crippen molar-refractivity contribution in [3.63, 3.8) is 0 Å². The molecule has 0 radical (unpaired) electrons. The number of nitrogens with one attached hydrogen (secondary N) is 1. The lowest BCUT2D eigenvalue weighted by Gasteiger charge is -2.23. The fourth-order valence-corrected chi connectivity index (χ4v) is 5.61. The van der Waals surface area contributed by atoms with Crippen molar-refractivity contribution in [2.75, 3.05) is 39.1 Å². The van der Waals surface area contributed by atoms with Crippen molar-refractivity contribution in [3.8, 4) is 22.9 Å². The lowest BCUT2D eigenvalue weighted by atomic mass is 9.88. The van der Waals surface area contributed by atoms with Gasteiger partial charge in [0.25, 0.3) is 0 Å². The van der Waals surface area contributed by atoms with Gasteiger partial charge in [0, 0.05) is 25.0 Å². The van der Waals surface area contributed by atoms with Crippen LogP contribution in [-0.2, 0) is 0 Å². The molecule has 0 bridgehead atoms. The topological polar surface area (TPSA) is 66.1 Å². The first kappa shape index (κ1) is 22.7. The molecule has 1 unspecified atom stereocenters. The SMILES string of the molecule is CCC1CNc2c(C#N)c(OCCN(C)C)cc(-c3ccc4c(c3)ncn4C3CCCCC3)c21. The average molecular weight is 458 g/mol. The molecule has 1 fully saturated rings. The Labute approximate surface area is 202 Å². The first-order valence-corrected chi connectivity index (χ1v) is 12.7. The molecule has 1 saturated carbocycles. The maximum absolute atomic E-state index is 9.99. The molecule has 0 spiro atoms. The summed E-state index contributed by atoms with van der Waals surface area (Å²) in [4.78, 5) is 6.88. The van der Waals surface area contributed by atoms with Gasteiger partial charge in [-0.05, 0) is 68.2 Å². The molecule has 0 amide bonds. The zero-order valence-electron chi connectivity index (χ0n) is 20.6. The summed E-state index contributed by atoms with van der Waals surface area (Å²) in [5, 5.41) is 13.5. The van der Waals surface area contributed by atoms with E-state index < -0.39 is 0 Å². The number of aromatic nitrogens is 2. The van der Waals surface area contributed by atoms with E-state index in [0.29, 0.717) is 29.9 Å². The second kappa shape index (κ2) is 9.68. The van der Waals surface area contributed by atoms with Crippen LogP contribution in [0.5, 0.6) is 5.75 Å². The number of nitriles is 1. The standard InChI is InChI=1S/C28H35N5O/c1-4-19-17-30-28-23(16-29)26(34-13-12-32(2)3)15-22(27(19)28)20-10-11-25-24(14-20)31-18-33(25)21-8-6-5-7-9-21/h10-11,14-15,18-19,21,30H,4-9,12-13,17H2,1-3H3. The van der Waals surface area contributed by atoms with Gasteiger partial charge in [0.1, 0.15) is 24.0 Å². The molecule has 3 aromatic rings. The summed E-state index contributed by atoms with van der Waals surface area (Å²) in [5.74, 6) is 1.04. The van der Waals surface area contributed by atoms with Crippen molar-refractivity contribution in [1.29, 1.82) is 5.26 Å². The lowest BCUT2D eigenvalue weighted by Crippen LogP contribution is -2.19. The fraction of sp³-hybridized carbons (Fsp3) is 0.500. The van der Waals surface area contributed by atoms with Gasteiger partial charge >= 0.3 is 0 Å². The highest BCUT2D eigenvalue weighted by atomic mass is 16.5. The number of fused-ring (bicyclic) bond motifs is 2. The fourth-order valence-electron chi connectivity index (χ4n) is 5.61.